The predicted octanol–water partition coefficient (Wildman–Crippen LogP) is 1.75. The number of benzene rings is 1. The minimum Gasteiger partial charge on any atom is -0.356 e. The van der Waals surface area contributed by atoms with Gasteiger partial charge in [0, 0.05) is 19.6 Å². The maximum Gasteiger partial charge on any atom is 0.226 e. The monoisotopic (exact) mass is 286 g/mol. The largest absolute Gasteiger partial charge is 0.356 e. The summed E-state index contributed by atoms with van der Waals surface area (Å²) in [5, 5.41) is 2.95. The van der Waals surface area contributed by atoms with Crippen LogP contribution in [-0.4, -0.2) is 36.3 Å². The van der Waals surface area contributed by atoms with Crippen molar-refractivity contribution in [3.8, 4) is 0 Å². The minimum atomic E-state index is -0.207. The fourth-order valence-electron chi connectivity index (χ4n) is 3.52. The molecule has 2 heterocycles. The molecule has 1 aromatic rings. The Hall–Kier alpha value is -1.84. The van der Waals surface area contributed by atoms with Crippen molar-refractivity contribution in [1.82, 2.24) is 10.2 Å². The van der Waals surface area contributed by atoms with Crippen LogP contribution < -0.4 is 5.32 Å². The molecule has 2 amide bonds. The lowest BCUT2D eigenvalue weighted by Crippen LogP contribution is -2.35. The molecule has 1 spiro atoms. The van der Waals surface area contributed by atoms with Crippen LogP contribution in [0.5, 0.6) is 0 Å². The Morgan fingerprint density at radius 3 is 2.67 bits per heavy atom. The summed E-state index contributed by atoms with van der Waals surface area (Å²) < 4.78 is 0. The van der Waals surface area contributed by atoms with Crippen molar-refractivity contribution in [2.45, 2.75) is 32.1 Å². The average molecular weight is 286 g/mol. The van der Waals surface area contributed by atoms with Gasteiger partial charge in [-0.3, -0.25) is 9.59 Å². The van der Waals surface area contributed by atoms with Gasteiger partial charge in [0.15, 0.2) is 0 Å². The third-order valence-corrected chi connectivity index (χ3v) is 4.87. The van der Waals surface area contributed by atoms with E-state index in [2.05, 4.69) is 5.32 Å². The summed E-state index contributed by atoms with van der Waals surface area (Å²) >= 11 is 0. The van der Waals surface area contributed by atoms with Crippen LogP contribution in [-0.2, 0) is 16.0 Å². The van der Waals surface area contributed by atoms with E-state index >= 15 is 0 Å². The number of likely N-dealkylation sites (tertiary alicyclic amines) is 1. The SMILES string of the molecule is O=C(Cc1ccccc1)N1CCC[C@@]2(CCNC2=O)CC1. The van der Waals surface area contributed by atoms with E-state index in [1.165, 1.54) is 0 Å². The van der Waals surface area contributed by atoms with E-state index in [0.29, 0.717) is 13.0 Å². The standard InChI is InChI=1S/C17H22N2O2/c20-15(13-14-5-2-1-3-6-14)19-11-4-7-17(9-12-19)8-10-18-16(17)21/h1-3,5-6H,4,7-13H2,(H,18,21)/t17-/m1/s1. The fraction of sp³-hybridized carbons (Fsp3) is 0.529. The topological polar surface area (TPSA) is 49.4 Å². The lowest BCUT2D eigenvalue weighted by molar-refractivity contribution is -0.132. The van der Waals surface area contributed by atoms with Crippen molar-refractivity contribution in [3.63, 3.8) is 0 Å². The van der Waals surface area contributed by atoms with Crippen molar-refractivity contribution in [2.24, 2.45) is 5.41 Å². The highest BCUT2D eigenvalue weighted by Gasteiger charge is 2.43. The van der Waals surface area contributed by atoms with Gasteiger partial charge in [-0.25, -0.2) is 0 Å². The van der Waals surface area contributed by atoms with Gasteiger partial charge >= 0.3 is 0 Å². The Labute approximate surface area is 125 Å². The summed E-state index contributed by atoms with van der Waals surface area (Å²) in [5.41, 5.74) is 0.849. The summed E-state index contributed by atoms with van der Waals surface area (Å²) in [6, 6.07) is 9.86. The predicted molar refractivity (Wildman–Crippen MR) is 80.6 cm³/mol. The summed E-state index contributed by atoms with van der Waals surface area (Å²) in [5.74, 6) is 0.372. The molecule has 21 heavy (non-hydrogen) atoms. The second-order valence-corrected chi connectivity index (χ2v) is 6.18. The third-order valence-electron chi connectivity index (χ3n) is 4.87. The van der Waals surface area contributed by atoms with Gasteiger partial charge in [0.2, 0.25) is 11.8 Å². The first-order valence-electron chi connectivity index (χ1n) is 7.80. The molecular formula is C17H22N2O2. The van der Waals surface area contributed by atoms with Crippen molar-refractivity contribution in [2.75, 3.05) is 19.6 Å². The molecule has 1 atom stereocenters. The summed E-state index contributed by atoms with van der Waals surface area (Å²) in [4.78, 5) is 26.4. The van der Waals surface area contributed by atoms with Gasteiger partial charge in [0.25, 0.3) is 0 Å². The zero-order valence-corrected chi connectivity index (χ0v) is 12.3. The minimum absolute atomic E-state index is 0.177. The highest BCUT2D eigenvalue weighted by molar-refractivity contribution is 5.85. The van der Waals surface area contributed by atoms with Crippen LogP contribution in [0, 0.1) is 5.41 Å². The molecular weight excluding hydrogens is 264 g/mol. The number of hydrogen-bond acceptors (Lipinski definition) is 2. The second kappa shape index (κ2) is 5.88. The molecule has 2 saturated heterocycles. The smallest absolute Gasteiger partial charge is 0.226 e. The van der Waals surface area contributed by atoms with Crippen LogP contribution in [0.1, 0.15) is 31.2 Å². The number of carbonyl (C=O) groups is 2. The van der Waals surface area contributed by atoms with E-state index in [1.54, 1.807) is 0 Å². The number of nitrogens with one attached hydrogen (secondary N) is 1. The quantitative estimate of drug-likeness (QED) is 0.900. The second-order valence-electron chi connectivity index (χ2n) is 6.18. The zero-order valence-electron chi connectivity index (χ0n) is 12.3. The molecule has 112 valence electrons. The van der Waals surface area contributed by atoms with E-state index in [1.807, 2.05) is 35.2 Å². The normalized spacial score (nSPS) is 25.7. The van der Waals surface area contributed by atoms with Crippen LogP contribution in [0.3, 0.4) is 0 Å². The number of carbonyl (C=O) groups excluding carboxylic acids is 2. The number of hydrogen-bond donors (Lipinski definition) is 1. The summed E-state index contributed by atoms with van der Waals surface area (Å²) in [6.45, 7) is 2.27. The molecule has 2 fully saturated rings. The van der Waals surface area contributed by atoms with Gasteiger partial charge < -0.3 is 10.2 Å². The van der Waals surface area contributed by atoms with Gasteiger partial charge in [-0.2, -0.15) is 0 Å². The van der Waals surface area contributed by atoms with Crippen molar-refractivity contribution in [3.05, 3.63) is 35.9 Å². The number of rotatable bonds is 2. The summed E-state index contributed by atoms with van der Waals surface area (Å²) in [6.07, 6.45) is 4.02. The van der Waals surface area contributed by atoms with Crippen molar-refractivity contribution < 1.29 is 9.59 Å². The van der Waals surface area contributed by atoms with Crippen LogP contribution in [0.25, 0.3) is 0 Å². The van der Waals surface area contributed by atoms with Gasteiger partial charge in [-0.05, 0) is 31.2 Å². The Bertz CT molecular complexity index is 529. The first kappa shape index (κ1) is 14.1. The molecule has 0 radical (unpaired) electrons. The van der Waals surface area contributed by atoms with Crippen molar-refractivity contribution in [1.29, 1.82) is 0 Å². The number of amides is 2. The van der Waals surface area contributed by atoms with Crippen LogP contribution in [0.2, 0.25) is 0 Å². The molecule has 0 unspecified atom stereocenters. The molecule has 4 nitrogen and oxygen atoms in total. The maximum absolute atomic E-state index is 12.4. The fourth-order valence-corrected chi connectivity index (χ4v) is 3.52. The first-order valence-corrected chi connectivity index (χ1v) is 7.80. The van der Waals surface area contributed by atoms with Gasteiger partial charge in [0.1, 0.15) is 0 Å². The molecule has 0 aromatic heterocycles. The van der Waals surface area contributed by atoms with E-state index in [-0.39, 0.29) is 17.2 Å². The van der Waals surface area contributed by atoms with Crippen LogP contribution >= 0.6 is 0 Å². The average Bonchev–Trinajstić information content (AvgIpc) is 2.72. The molecule has 2 aliphatic rings. The lowest BCUT2D eigenvalue weighted by Gasteiger charge is -2.24. The molecule has 0 bridgehead atoms. The maximum atomic E-state index is 12.4. The third kappa shape index (κ3) is 2.94. The van der Waals surface area contributed by atoms with Crippen LogP contribution in [0.15, 0.2) is 30.3 Å². The van der Waals surface area contributed by atoms with Gasteiger partial charge in [-0.15, -0.1) is 0 Å². The number of nitrogens with zero attached hydrogens (tertiary/aromatic N) is 1. The van der Waals surface area contributed by atoms with Crippen molar-refractivity contribution >= 4 is 11.8 Å². The Kier molecular flexibility index (Phi) is 3.95. The molecule has 0 aliphatic carbocycles. The van der Waals surface area contributed by atoms with E-state index in [4.69, 9.17) is 0 Å². The molecule has 1 aromatic carbocycles. The van der Waals surface area contributed by atoms with E-state index in [9.17, 15) is 9.59 Å². The molecule has 2 aliphatic heterocycles. The molecule has 1 N–H and O–H groups in total. The van der Waals surface area contributed by atoms with Crippen LogP contribution in [0.4, 0.5) is 0 Å². The van der Waals surface area contributed by atoms with Gasteiger partial charge in [0.05, 0.1) is 11.8 Å². The highest BCUT2D eigenvalue weighted by Crippen LogP contribution is 2.38. The molecule has 4 heteroatoms. The highest BCUT2D eigenvalue weighted by atomic mass is 16.2. The van der Waals surface area contributed by atoms with Gasteiger partial charge in [-0.1, -0.05) is 30.3 Å². The lowest BCUT2D eigenvalue weighted by atomic mass is 9.79. The Morgan fingerprint density at radius 1 is 1.14 bits per heavy atom. The first-order chi connectivity index (χ1) is 10.2. The van der Waals surface area contributed by atoms with E-state index in [0.717, 1.165) is 44.3 Å². The molecule has 3 rings (SSSR count). The molecule has 0 saturated carbocycles. The Balaban J connectivity index is 1.62. The Morgan fingerprint density at radius 2 is 1.95 bits per heavy atom. The zero-order chi connectivity index (χ0) is 14.7. The van der Waals surface area contributed by atoms with E-state index < -0.39 is 0 Å². The summed E-state index contributed by atoms with van der Waals surface area (Å²) in [7, 11) is 0.